The Morgan fingerprint density at radius 3 is 3.07 bits per heavy atom. The summed E-state index contributed by atoms with van der Waals surface area (Å²) in [6, 6.07) is 3.47. The van der Waals surface area contributed by atoms with Gasteiger partial charge in [-0.3, -0.25) is 4.98 Å². The third kappa shape index (κ3) is 2.67. The van der Waals surface area contributed by atoms with Gasteiger partial charge in [0, 0.05) is 18.7 Å². The summed E-state index contributed by atoms with van der Waals surface area (Å²) in [4.78, 5) is 4.12. The van der Waals surface area contributed by atoms with E-state index >= 15 is 0 Å². The molecule has 4 nitrogen and oxygen atoms in total. The van der Waals surface area contributed by atoms with Crippen LogP contribution < -0.4 is 5.32 Å². The minimum Gasteiger partial charge on any atom is -0.506 e. The number of aromatic nitrogens is 1. The van der Waals surface area contributed by atoms with E-state index in [0.717, 1.165) is 25.3 Å². The van der Waals surface area contributed by atoms with Gasteiger partial charge in [0.05, 0.1) is 18.5 Å². The number of pyridine rings is 1. The zero-order chi connectivity index (χ0) is 10.7. The van der Waals surface area contributed by atoms with E-state index in [4.69, 9.17) is 9.84 Å². The number of hydrogen-bond donors (Lipinski definition) is 2. The van der Waals surface area contributed by atoms with Gasteiger partial charge in [-0.25, -0.2) is 0 Å². The minimum absolute atomic E-state index is 0.0690. The van der Waals surface area contributed by atoms with Crippen molar-refractivity contribution >= 4 is 0 Å². The fourth-order valence-corrected chi connectivity index (χ4v) is 1.63. The Kier molecular flexibility index (Phi) is 2.88. The maximum atomic E-state index is 9.08. The third-order valence-electron chi connectivity index (χ3n) is 2.72. The van der Waals surface area contributed by atoms with Crippen LogP contribution in [0.3, 0.4) is 0 Å². The van der Waals surface area contributed by atoms with Crippen LogP contribution in [0.15, 0.2) is 18.3 Å². The van der Waals surface area contributed by atoms with Crippen LogP contribution in [0.5, 0.6) is 5.75 Å². The molecule has 2 heterocycles. The van der Waals surface area contributed by atoms with E-state index in [-0.39, 0.29) is 11.3 Å². The third-order valence-corrected chi connectivity index (χ3v) is 2.72. The van der Waals surface area contributed by atoms with Crippen molar-refractivity contribution in [3.63, 3.8) is 0 Å². The molecule has 1 aliphatic rings. The molecule has 0 amide bonds. The lowest BCUT2D eigenvalue weighted by atomic mass is 10.0. The Morgan fingerprint density at radius 1 is 1.60 bits per heavy atom. The summed E-state index contributed by atoms with van der Waals surface area (Å²) in [5.74, 6) is 0.203. The summed E-state index contributed by atoms with van der Waals surface area (Å²) in [5.41, 5.74) is 1.00. The van der Waals surface area contributed by atoms with Crippen LogP contribution in [0.4, 0.5) is 0 Å². The number of nitrogens with one attached hydrogen (secondary N) is 1. The van der Waals surface area contributed by atoms with Crippen molar-refractivity contribution in [2.45, 2.75) is 25.4 Å². The van der Waals surface area contributed by atoms with Crippen molar-refractivity contribution in [1.29, 1.82) is 0 Å². The van der Waals surface area contributed by atoms with Gasteiger partial charge in [0.25, 0.3) is 0 Å². The van der Waals surface area contributed by atoms with Gasteiger partial charge in [-0.2, -0.15) is 0 Å². The topological polar surface area (TPSA) is 54.4 Å². The quantitative estimate of drug-likeness (QED) is 0.779. The molecule has 0 bridgehead atoms. The first-order chi connectivity index (χ1) is 7.18. The molecule has 0 spiro atoms. The molecular weight excluding hydrogens is 192 g/mol. The van der Waals surface area contributed by atoms with Gasteiger partial charge >= 0.3 is 0 Å². The molecule has 82 valence electrons. The second-order valence-electron chi connectivity index (χ2n) is 4.22. The lowest BCUT2D eigenvalue weighted by Gasteiger charge is -2.23. The van der Waals surface area contributed by atoms with Crippen molar-refractivity contribution in [2.24, 2.45) is 0 Å². The smallest absolute Gasteiger partial charge is 0.133 e. The van der Waals surface area contributed by atoms with E-state index in [0.29, 0.717) is 6.54 Å². The number of nitrogens with zero attached hydrogens (tertiary/aromatic N) is 1. The molecule has 1 aromatic heterocycles. The Morgan fingerprint density at radius 2 is 2.47 bits per heavy atom. The van der Waals surface area contributed by atoms with Crippen LogP contribution in [0, 0.1) is 0 Å². The number of hydrogen-bond acceptors (Lipinski definition) is 4. The maximum absolute atomic E-state index is 9.08. The molecule has 1 fully saturated rings. The molecule has 1 saturated heterocycles. The first kappa shape index (κ1) is 10.4. The molecule has 15 heavy (non-hydrogen) atoms. The minimum atomic E-state index is 0.0690. The van der Waals surface area contributed by atoms with Crippen LogP contribution in [-0.4, -0.2) is 28.8 Å². The fourth-order valence-electron chi connectivity index (χ4n) is 1.63. The molecule has 2 rings (SSSR count). The number of ether oxygens (including phenoxy) is 1. The SMILES string of the molecule is CC1(NCc2ccc(O)cn2)CCOC1. The first-order valence-electron chi connectivity index (χ1n) is 5.15. The van der Waals surface area contributed by atoms with Gasteiger partial charge in [-0.05, 0) is 25.5 Å². The molecule has 2 N–H and O–H groups in total. The van der Waals surface area contributed by atoms with E-state index in [1.807, 2.05) is 6.07 Å². The Balaban J connectivity index is 1.90. The Labute approximate surface area is 89.3 Å². The average molecular weight is 208 g/mol. The highest BCUT2D eigenvalue weighted by atomic mass is 16.5. The van der Waals surface area contributed by atoms with Gasteiger partial charge in [-0.1, -0.05) is 0 Å². The summed E-state index contributed by atoms with van der Waals surface area (Å²) in [6.07, 6.45) is 2.50. The fraction of sp³-hybridized carbons (Fsp3) is 0.545. The van der Waals surface area contributed by atoms with E-state index in [2.05, 4.69) is 17.2 Å². The monoisotopic (exact) mass is 208 g/mol. The van der Waals surface area contributed by atoms with Crippen LogP contribution in [0.1, 0.15) is 19.0 Å². The zero-order valence-corrected chi connectivity index (χ0v) is 8.86. The summed E-state index contributed by atoms with van der Waals surface area (Å²) >= 11 is 0. The second-order valence-corrected chi connectivity index (χ2v) is 4.22. The second kappa shape index (κ2) is 4.16. The predicted octanol–water partition coefficient (Wildman–Crippen LogP) is 1.06. The van der Waals surface area contributed by atoms with Crippen LogP contribution in [-0.2, 0) is 11.3 Å². The standard InChI is InChI=1S/C11H16N2O2/c1-11(4-5-15-8-11)13-6-9-2-3-10(14)7-12-9/h2-3,7,13-14H,4-6,8H2,1H3. The van der Waals surface area contributed by atoms with Gasteiger partial charge in [0.15, 0.2) is 0 Å². The van der Waals surface area contributed by atoms with E-state index in [1.54, 1.807) is 6.07 Å². The van der Waals surface area contributed by atoms with E-state index in [1.165, 1.54) is 6.20 Å². The molecule has 0 aromatic carbocycles. The highest BCUT2D eigenvalue weighted by Crippen LogP contribution is 2.18. The molecule has 0 aliphatic carbocycles. The molecule has 1 aromatic rings. The van der Waals surface area contributed by atoms with Crippen molar-refractivity contribution in [3.8, 4) is 5.75 Å². The normalized spacial score (nSPS) is 25.7. The van der Waals surface area contributed by atoms with Crippen LogP contribution in [0.2, 0.25) is 0 Å². The lowest BCUT2D eigenvalue weighted by Crippen LogP contribution is -2.42. The van der Waals surface area contributed by atoms with Crippen LogP contribution >= 0.6 is 0 Å². The summed E-state index contributed by atoms with van der Waals surface area (Å²) < 4.78 is 5.34. The maximum Gasteiger partial charge on any atom is 0.133 e. The largest absolute Gasteiger partial charge is 0.506 e. The lowest BCUT2D eigenvalue weighted by molar-refractivity contribution is 0.171. The zero-order valence-electron chi connectivity index (χ0n) is 8.86. The van der Waals surface area contributed by atoms with Gasteiger partial charge in [0.1, 0.15) is 5.75 Å². The van der Waals surface area contributed by atoms with Crippen LogP contribution in [0.25, 0.3) is 0 Å². The average Bonchev–Trinajstić information content (AvgIpc) is 2.65. The van der Waals surface area contributed by atoms with Crippen molar-refractivity contribution in [3.05, 3.63) is 24.0 Å². The predicted molar refractivity (Wildman–Crippen MR) is 56.6 cm³/mol. The van der Waals surface area contributed by atoms with Crippen molar-refractivity contribution < 1.29 is 9.84 Å². The summed E-state index contributed by atoms with van der Waals surface area (Å²) in [5, 5.41) is 12.5. The van der Waals surface area contributed by atoms with Gasteiger partial charge < -0.3 is 15.2 Å². The summed E-state index contributed by atoms with van der Waals surface area (Å²) in [6.45, 7) is 4.44. The molecule has 0 radical (unpaired) electrons. The molecular formula is C11H16N2O2. The van der Waals surface area contributed by atoms with E-state index in [9.17, 15) is 0 Å². The van der Waals surface area contributed by atoms with Crippen molar-refractivity contribution in [1.82, 2.24) is 10.3 Å². The Hall–Kier alpha value is -1.13. The molecule has 1 atom stereocenters. The highest BCUT2D eigenvalue weighted by molar-refractivity contribution is 5.17. The molecule has 0 saturated carbocycles. The van der Waals surface area contributed by atoms with E-state index < -0.39 is 0 Å². The Bertz CT molecular complexity index is 318. The molecule has 4 heteroatoms. The number of rotatable bonds is 3. The number of aromatic hydroxyl groups is 1. The van der Waals surface area contributed by atoms with Gasteiger partial charge in [0.2, 0.25) is 0 Å². The highest BCUT2D eigenvalue weighted by Gasteiger charge is 2.28. The summed E-state index contributed by atoms with van der Waals surface area (Å²) in [7, 11) is 0. The van der Waals surface area contributed by atoms with Crippen molar-refractivity contribution in [2.75, 3.05) is 13.2 Å². The molecule has 1 aliphatic heterocycles. The van der Waals surface area contributed by atoms with Gasteiger partial charge in [-0.15, -0.1) is 0 Å². The molecule has 1 unspecified atom stereocenters. The first-order valence-corrected chi connectivity index (χ1v) is 5.15.